The van der Waals surface area contributed by atoms with Crippen molar-refractivity contribution in [3.8, 4) is 24.2 Å². The molecule has 0 bridgehead atoms. The maximum Gasteiger partial charge on any atom is 0.0636 e. The van der Waals surface area contributed by atoms with E-state index >= 15 is 0 Å². The maximum absolute atomic E-state index is 5.30. The minimum Gasteiger partial charge on any atom is -0.260 e. The van der Waals surface area contributed by atoms with Gasteiger partial charge in [0.25, 0.3) is 0 Å². The molecule has 0 saturated heterocycles. The number of rotatable bonds is 6. The minimum absolute atomic E-state index is 0.777. The number of terminal acetylenes is 1. The Labute approximate surface area is 145 Å². The smallest absolute Gasteiger partial charge is 0.0636 e. The molecule has 2 nitrogen and oxygen atoms in total. The van der Waals surface area contributed by atoms with Crippen LogP contribution in [0.3, 0.4) is 0 Å². The van der Waals surface area contributed by atoms with Crippen LogP contribution in [0.2, 0.25) is 0 Å². The molecule has 0 aliphatic rings. The first-order valence-corrected chi connectivity index (χ1v) is 8.37. The molecule has 2 rings (SSSR count). The molecule has 0 aliphatic carbocycles. The Morgan fingerprint density at radius 1 is 1.00 bits per heavy atom. The predicted octanol–water partition coefficient (Wildman–Crippen LogP) is 4.65. The van der Waals surface area contributed by atoms with Crippen LogP contribution in [0.4, 0.5) is 0 Å². The zero-order valence-corrected chi connectivity index (χ0v) is 14.1. The summed E-state index contributed by atoms with van der Waals surface area (Å²) in [4.78, 5) is 8.71. The molecule has 0 aliphatic heterocycles. The molecule has 2 heteroatoms. The second-order valence-electron chi connectivity index (χ2n) is 5.57. The third kappa shape index (κ3) is 6.11. The summed E-state index contributed by atoms with van der Waals surface area (Å²) in [5.74, 6) is 8.63. The lowest BCUT2D eigenvalue weighted by Gasteiger charge is -2.00. The number of aryl methyl sites for hydroxylation is 1. The summed E-state index contributed by atoms with van der Waals surface area (Å²) in [7, 11) is 0. The minimum atomic E-state index is 0.777. The zero-order valence-electron chi connectivity index (χ0n) is 14.1. The second kappa shape index (κ2) is 10.0. The van der Waals surface area contributed by atoms with Gasteiger partial charge in [-0.1, -0.05) is 43.9 Å². The van der Waals surface area contributed by atoms with Crippen LogP contribution in [-0.4, -0.2) is 9.97 Å². The van der Waals surface area contributed by atoms with Gasteiger partial charge in [0.05, 0.1) is 5.69 Å². The van der Waals surface area contributed by atoms with Gasteiger partial charge >= 0.3 is 0 Å². The van der Waals surface area contributed by atoms with Gasteiger partial charge in [0, 0.05) is 29.2 Å². The average Bonchev–Trinajstić information content (AvgIpc) is 2.64. The van der Waals surface area contributed by atoms with Gasteiger partial charge in [0.2, 0.25) is 0 Å². The third-order valence-corrected chi connectivity index (χ3v) is 3.62. The van der Waals surface area contributed by atoms with Gasteiger partial charge in [0.15, 0.2) is 0 Å². The zero-order chi connectivity index (χ0) is 17.0. The summed E-state index contributed by atoms with van der Waals surface area (Å²) in [6, 6.07) is 7.84. The molecule has 24 heavy (non-hydrogen) atoms. The Kier molecular flexibility index (Phi) is 7.32. The second-order valence-corrected chi connectivity index (χ2v) is 5.57. The third-order valence-electron chi connectivity index (χ3n) is 3.62. The largest absolute Gasteiger partial charge is 0.260 e. The first-order chi connectivity index (χ1) is 11.8. The van der Waals surface area contributed by atoms with Crippen LogP contribution in [0.15, 0.2) is 42.7 Å². The van der Waals surface area contributed by atoms with E-state index in [0.29, 0.717) is 0 Å². The Bertz CT molecular complexity index is 751. The highest BCUT2D eigenvalue weighted by molar-refractivity contribution is 5.51. The molecular weight excluding hydrogens is 292 g/mol. The number of hydrogen-bond donors (Lipinski definition) is 0. The summed E-state index contributed by atoms with van der Waals surface area (Å²) >= 11 is 0. The molecule has 0 fully saturated rings. The van der Waals surface area contributed by atoms with E-state index in [9.17, 15) is 0 Å². The van der Waals surface area contributed by atoms with E-state index < -0.39 is 0 Å². The van der Waals surface area contributed by atoms with Gasteiger partial charge in [0.1, 0.15) is 0 Å². The Hall–Kier alpha value is -2.84. The number of nitrogens with zero attached hydrogens (tertiary/aromatic N) is 2. The molecule has 0 saturated carbocycles. The Morgan fingerprint density at radius 2 is 1.83 bits per heavy atom. The molecule has 0 amide bonds. The fraction of sp³-hybridized carbons (Fsp3) is 0.273. The van der Waals surface area contributed by atoms with Crippen molar-refractivity contribution >= 4 is 6.08 Å². The highest BCUT2D eigenvalue weighted by atomic mass is 14.7. The highest BCUT2D eigenvalue weighted by Crippen LogP contribution is 2.06. The van der Waals surface area contributed by atoms with Crippen LogP contribution in [-0.2, 0) is 6.42 Å². The Morgan fingerprint density at radius 3 is 2.50 bits per heavy atom. The van der Waals surface area contributed by atoms with Gasteiger partial charge in [-0.3, -0.25) is 9.97 Å². The van der Waals surface area contributed by atoms with Crippen molar-refractivity contribution < 1.29 is 0 Å². The van der Waals surface area contributed by atoms with E-state index in [1.54, 1.807) is 12.3 Å². The predicted molar refractivity (Wildman–Crippen MR) is 100 cm³/mol. The topological polar surface area (TPSA) is 25.8 Å². The summed E-state index contributed by atoms with van der Waals surface area (Å²) in [6.07, 6.45) is 18.6. The van der Waals surface area contributed by atoms with Crippen molar-refractivity contribution in [2.45, 2.75) is 39.0 Å². The van der Waals surface area contributed by atoms with Crippen LogP contribution < -0.4 is 0 Å². The molecular formula is C22H22N2. The van der Waals surface area contributed by atoms with Gasteiger partial charge in [-0.25, -0.2) is 0 Å². The summed E-state index contributed by atoms with van der Waals surface area (Å²) in [6.45, 7) is 2.22. The van der Waals surface area contributed by atoms with Crippen LogP contribution in [0.5, 0.6) is 0 Å². The quantitative estimate of drug-likeness (QED) is 0.573. The van der Waals surface area contributed by atoms with Crippen LogP contribution in [0.25, 0.3) is 6.08 Å². The number of hydrogen-bond acceptors (Lipinski definition) is 2. The molecule has 120 valence electrons. The van der Waals surface area contributed by atoms with Crippen LogP contribution in [0.1, 0.15) is 55.1 Å². The van der Waals surface area contributed by atoms with Crippen molar-refractivity contribution in [2.24, 2.45) is 0 Å². The van der Waals surface area contributed by atoms with Gasteiger partial charge in [-0.15, -0.1) is 6.42 Å². The first-order valence-electron chi connectivity index (χ1n) is 8.37. The van der Waals surface area contributed by atoms with Crippen molar-refractivity contribution in [3.63, 3.8) is 0 Å². The lowest BCUT2D eigenvalue weighted by atomic mass is 10.1. The molecule has 0 spiro atoms. The normalized spacial score (nSPS) is 10.2. The van der Waals surface area contributed by atoms with Crippen molar-refractivity contribution in [1.82, 2.24) is 9.97 Å². The summed E-state index contributed by atoms with van der Waals surface area (Å²) in [5, 5.41) is 0. The molecule has 2 heterocycles. The van der Waals surface area contributed by atoms with Gasteiger partial charge < -0.3 is 0 Å². The van der Waals surface area contributed by atoms with E-state index in [1.165, 1.54) is 25.7 Å². The van der Waals surface area contributed by atoms with Crippen molar-refractivity contribution in [1.29, 1.82) is 0 Å². The molecule has 2 aromatic heterocycles. The fourth-order valence-electron chi connectivity index (χ4n) is 2.22. The standard InChI is InChI=1S/C22H22N2/c1-3-5-6-7-11-21-16-14-20(18-24-21)10-8-9-12-22-15-13-19(4-2)17-23-22/h2,9,12-18H,3,5-7,11H2,1H3/b12-9+. The number of aromatic nitrogens is 2. The summed E-state index contributed by atoms with van der Waals surface area (Å²) in [5.41, 5.74) is 3.68. The summed E-state index contributed by atoms with van der Waals surface area (Å²) < 4.78 is 0. The highest BCUT2D eigenvalue weighted by Gasteiger charge is 1.95. The van der Waals surface area contributed by atoms with E-state index in [-0.39, 0.29) is 0 Å². The van der Waals surface area contributed by atoms with E-state index in [4.69, 9.17) is 6.42 Å². The number of allylic oxidation sites excluding steroid dienone is 1. The lowest BCUT2D eigenvalue weighted by Crippen LogP contribution is -1.90. The fourth-order valence-corrected chi connectivity index (χ4v) is 2.22. The molecule has 0 atom stereocenters. The number of unbranched alkanes of at least 4 members (excludes halogenated alkanes) is 3. The maximum atomic E-state index is 5.30. The molecule has 2 aromatic rings. The molecule has 0 aromatic carbocycles. The first kappa shape index (κ1) is 17.5. The van der Waals surface area contributed by atoms with Crippen molar-refractivity contribution in [3.05, 3.63) is 65.2 Å². The number of pyridine rings is 2. The SMILES string of the molecule is C#Cc1ccc(/C=C/C#Cc2ccc(CCCCCC)nc2)nc1. The van der Waals surface area contributed by atoms with Crippen LogP contribution >= 0.6 is 0 Å². The lowest BCUT2D eigenvalue weighted by molar-refractivity contribution is 0.660. The monoisotopic (exact) mass is 314 g/mol. The van der Waals surface area contributed by atoms with E-state index in [1.807, 2.05) is 30.5 Å². The average molecular weight is 314 g/mol. The Balaban J connectivity index is 1.86. The van der Waals surface area contributed by atoms with Gasteiger partial charge in [-0.05, 0) is 49.3 Å². The molecule has 0 radical (unpaired) electrons. The molecule has 0 N–H and O–H groups in total. The van der Waals surface area contributed by atoms with Crippen molar-refractivity contribution in [2.75, 3.05) is 0 Å². The van der Waals surface area contributed by atoms with E-state index in [2.05, 4.69) is 40.7 Å². The van der Waals surface area contributed by atoms with Crippen LogP contribution in [0, 0.1) is 24.2 Å². The van der Waals surface area contributed by atoms with E-state index in [0.717, 1.165) is 28.9 Å². The molecule has 0 unspecified atom stereocenters. The van der Waals surface area contributed by atoms with Gasteiger partial charge in [-0.2, -0.15) is 0 Å².